The minimum atomic E-state index is -0.182. The second-order valence-corrected chi connectivity index (χ2v) is 9.38. The number of thiazole rings is 1. The number of carbonyl (C=O) groups is 1. The molecule has 156 valence electrons. The molecule has 2 aliphatic rings. The molecule has 0 atom stereocenters. The Labute approximate surface area is 181 Å². The van der Waals surface area contributed by atoms with Crippen molar-refractivity contribution >= 4 is 28.8 Å². The average molecular weight is 434 g/mol. The van der Waals surface area contributed by atoms with Gasteiger partial charge >= 0.3 is 0 Å². The predicted octanol–water partition coefficient (Wildman–Crippen LogP) is 4.82. The minimum absolute atomic E-state index is 0.141. The highest BCUT2D eigenvalue weighted by Crippen LogP contribution is 2.29. The topological polar surface area (TPSA) is 54.5 Å². The number of benzene rings is 1. The molecule has 29 heavy (non-hydrogen) atoms. The van der Waals surface area contributed by atoms with E-state index < -0.39 is 0 Å². The number of aromatic nitrogens is 1. The summed E-state index contributed by atoms with van der Waals surface area (Å²) in [4.78, 5) is 19.8. The largest absolute Gasteiger partial charge is 0.489 e. The van der Waals surface area contributed by atoms with Crippen molar-refractivity contribution in [3.05, 3.63) is 44.9 Å². The molecule has 1 amide bonds. The van der Waals surface area contributed by atoms with Crippen LogP contribution in [0.5, 0.6) is 5.75 Å². The summed E-state index contributed by atoms with van der Waals surface area (Å²) in [7, 11) is 0. The van der Waals surface area contributed by atoms with Gasteiger partial charge in [0.05, 0.1) is 12.1 Å². The Kier molecular flexibility index (Phi) is 6.73. The van der Waals surface area contributed by atoms with Crippen molar-refractivity contribution in [2.45, 2.75) is 64.1 Å². The molecule has 2 fully saturated rings. The van der Waals surface area contributed by atoms with Crippen LogP contribution in [-0.2, 0) is 6.54 Å². The standard InChI is InChI=1S/C22H28ClN3O2S/c1-15-14-29-21(25-15)13-24-22(27)19-12-16(23)6-7-20(19)28-18-8-10-26(11-9-18)17-4-2-3-5-17/h6-7,12,14,17-18H,2-5,8-11,13H2,1H3,(H,24,27). The van der Waals surface area contributed by atoms with Crippen LogP contribution in [0.25, 0.3) is 0 Å². The third-order valence-electron chi connectivity index (χ3n) is 5.86. The van der Waals surface area contributed by atoms with Crippen molar-refractivity contribution in [1.29, 1.82) is 0 Å². The summed E-state index contributed by atoms with van der Waals surface area (Å²) in [6.07, 6.45) is 7.55. The zero-order valence-corrected chi connectivity index (χ0v) is 18.4. The van der Waals surface area contributed by atoms with Gasteiger partial charge < -0.3 is 15.0 Å². The number of ether oxygens (including phenoxy) is 1. The summed E-state index contributed by atoms with van der Waals surface area (Å²) in [5, 5.41) is 6.34. The van der Waals surface area contributed by atoms with Gasteiger partial charge in [-0.1, -0.05) is 24.4 Å². The number of rotatable bonds is 6. The van der Waals surface area contributed by atoms with Crippen LogP contribution in [0.4, 0.5) is 0 Å². The molecule has 5 nitrogen and oxygen atoms in total. The van der Waals surface area contributed by atoms with Gasteiger partial charge in [-0.2, -0.15) is 0 Å². The van der Waals surface area contributed by atoms with Crippen LogP contribution >= 0.6 is 22.9 Å². The lowest BCUT2D eigenvalue weighted by Crippen LogP contribution is -2.43. The highest BCUT2D eigenvalue weighted by molar-refractivity contribution is 7.09. The quantitative estimate of drug-likeness (QED) is 0.709. The monoisotopic (exact) mass is 433 g/mol. The number of aryl methyl sites for hydroxylation is 1. The molecular weight excluding hydrogens is 406 g/mol. The van der Waals surface area contributed by atoms with Gasteiger partial charge in [0.2, 0.25) is 0 Å². The Morgan fingerprint density at radius 2 is 2.03 bits per heavy atom. The van der Waals surface area contributed by atoms with Crippen LogP contribution in [0.1, 0.15) is 59.6 Å². The molecule has 1 N–H and O–H groups in total. The van der Waals surface area contributed by atoms with Crippen LogP contribution in [0.15, 0.2) is 23.6 Å². The number of hydrogen-bond donors (Lipinski definition) is 1. The fourth-order valence-corrected chi connectivity index (χ4v) is 5.21. The third-order valence-corrected chi connectivity index (χ3v) is 7.07. The smallest absolute Gasteiger partial charge is 0.255 e. The summed E-state index contributed by atoms with van der Waals surface area (Å²) < 4.78 is 6.27. The van der Waals surface area contributed by atoms with E-state index in [1.165, 1.54) is 25.7 Å². The molecule has 0 unspecified atom stereocenters. The van der Waals surface area contributed by atoms with Crippen molar-refractivity contribution in [2.24, 2.45) is 0 Å². The number of likely N-dealkylation sites (tertiary alicyclic amines) is 1. The van der Waals surface area contributed by atoms with E-state index in [9.17, 15) is 4.79 Å². The van der Waals surface area contributed by atoms with Gasteiger partial charge in [0.15, 0.2) is 0 Å². The van der Waals surface area contributed by atoms with E-state index in [4.69, 9.17) is 16.3 Å². The van der Waals surface area contributed by atoms with E-state index in [1.807, 2.05) is 18.4 Å². The van der Waals surface area contributed by atoms with Crippen LogP contribution in [-0.4, -0.2) is 41.0 Å². The van der Waals surface area contributed by atoms with Crippen LogP contribution in [0.3, 0.4) is 0 Å². The van der Waals surface area contributed by atoms with E-state index >= 15 is 0 Å². The average Bonchev–Trinajstić information content (AvgIpc) is 3.40. The fraction of sp³-hybridized carbons (Fsp3) is 0.545. The minimum Gasteiger partial charge on any atom is -0.489 e. The SMILES string of the molecule is Cc1csc(CNC(=O)c2cc(Cl)ccc2OC2CCN(C3CCCC3)CC2)n1. The molecular formula is C22H28ClN3O2S. The van der Waals surface area contributed by atoms with Gasteiger partial charge in [0, 0.05) is 35.2 Å². The van der Waals surface area contributed by atoms with E-state index in [-0.39, 0.29) is 12.0 Å². The van der Waals surface area contributed by atoms with Gasteiger partial charge in [0.25, 0.3) is 5.91 Å². The summed E-state index contributed by atoms with van der Waals surface area (Å²) in [5.41, 5.74) is 1.46. The highest BCUT2D eigenvalue weighted by Gasteiger charge is 2.28. The molecule has 1 aliphatic heterocycles. The van der Waals surface area contributed by atoms with Gasteiger partial charge in [-0.3, -0.25) is 4.79 Å². The lowest BCUT2D eigenvalue weighted by Gasteiger charge is -2.36. The lowest BCUT2D eigenvalue weighted by atomic mass is 10.0. The molecule has 7 heteroatoms. The van der Waals surface area contributed by atoms with Gasteiger partial charge in [0.1, 0.15) is 16.9 Å². The molecule has 1 saturated heterocycles. The van der Waals surface area contributed by atoms with Crippen molar-refractivity contribution in [3.63, 3.8) is 0 Å². The maximum atomic E-state index is 12.8. The van der Waals surface area contributed by atoms with E-state index in [2.05, 4.69) is 15.2 Å². The first-order valence-electron chi connectivity index (χ1n) is 10.5. The first-order chi connectivity index (χ1) is 14.1. The summed E-state index contributed by atoms with van der Waals surface area (Å²) in [5.74, 6) is 0.431. The molecule has 1 aliphatic carbocycles. The van der Waals surface area contributed by atoms with E-state index in [1.54, 1.807) is 23.5 Å². The predicted molar refractivity (Wildman–Crippen MR) is 117 cm³/mol. The van der Waals surface area contributed by atoms with Crippen LogP contribution < -0.4 is 10.1 Å². The zero-order chi connectivity index (χ0) is 20.2. The lowest BCUT2D eigenvalue weighted by molar-refractivity contribution is 0.0750. The van der Waals surface area contributed by atoms with Gasteiger partial charge in [-0.15, -0.1) is 11.3 Å². The van der Waals surface area contributed by atoms with Crippen molar-refractivity contribution in [3.8, 4) is 5.75 Å². The van der Waals surface area contributed by atoms with Crippen LogP contribution in [0.2, 0.25) is 5.02 Å². The Hall–Kier alpha value is -1.63. The maximum Gasteiger partial charge on any atom is 0.255 e. The fourth-order valence-electron chi connectivity index (χ4n) is 4.33. The van der Waals surface area contributed by atoms with E-state index in [0.29, 0.717) is 22.9 Å². The Morgan fingerprint density at radius 3 is 2.72 bits per heavy atom. The van der Waals surface area contributed by atoms with Crippen LogP contribution in [0, 0.1) is 6.92 Å². The van der Waals surface area contributed by atoms with Gasteiger partial charge in [-0.05, 0) is 50.8 Å². The molecule has 1 saturated carbocycles. The molecule has 2 aromatic rings. The molecule has 4 rings (SSSR count). The Bertz CT molecular complexity index is 842. The molecule has 0 radical (unpaired) electrons. The molecule has 1 aromatic carbocycles. The molecule has 1 aromatic heterocycles. The van der Waals surface area contributed by atoms with Crippen molar-refractivity contribution in [2.75, 3.05) is 13.1 Å². The third kappa shape index (κ3) is 5.30. The van der Waals surface area contributed by atoms with E-state index in [0.717, 1.165) is 42.7 Å². The summed E-state index contributed by atoms with van der Waals surface area (Å²) in [6.45, 7) is 4.51. The number of piperidine rings is 1. The second-order valence-electron chi connectivity index (χ2n) is 8.00. The maximum absolute atomic E-state index is 12.8. The normalized spacial score (nSPS) is 18.8. The molecule has 0 bridgehead atoms. The Balaban J connectivity index is 1.37. The first-order valence-corrected chi connectivity index (χ1v) is 11.7. The number of amides is 1. The number of nitrogens with zero attached hydrogens (tertiary/aromatic N) is 2. The second kappa shape index (κ2) is 9.45. The van der Waals surface area contributed by atoms with Gasteiger partial charge in [-0.25, -0.2) is 4.98 Å². The Morgan fingerprint density at radius 1 is 1.28 bits per heavy atom. The molecule has 2 heterocycles. The van der Waals surface area contributed by atoms with Crippen molar-refractivity contribution < 1.29 is 9.53 Å². The molecule has 0 spiro atoms. The number of nitrogens with one attached hydrogen (secondary N) is 1. The zero-order valence-electron chi connectivity index (χ0n) is 16.8. The number of halogens is 1. The summed E-state index contributed by atoms with van der Waals surface area (Å²) in [6, 6.07) is 6.05. The number of hydrogen-bond acceptors (Lipinski definition) is 5. The summed E-state index contributed by atoms with van der Waals surface area (Å²) >= 11 is 7.71. The number of carbonyl (C=O) groups excluding carboxylic acids is 1. The highest BCUT2D eigenvalue weighted by atomic mass is 35.5. The van der Waals surface area contributed by atoms with Crippen molar-refractivity contribution in [1.82, 2.24) is 15.2 Å². The first kappa shape index (κ1) is 20.6.